The Morgan fingerprint density at radius 3 is 2.54 bits per heavy atom. The van der Waals surface area contributed by atoms with E-state index in [4.69, 9.17) is 0 Å². The number of halogens is 3. The van der Waals surface area contributed by atoms with Gasteiger partial charge in [0, 0.05) is 54.8 Å². The van der Waals surface area contributed by atoms with Crippen molar-refractivity contribution in [1.29, 1.82) is 0 Å². The van der Waals surface area contributed by atoms with Gasteiger partial charge in [-0.25, -0.2) is 0 Å². The van der Waals surface area contributed by atoms with E-state index in [1.807, 2.05) is 45.0 Å². The zero-order valence-electron chi connectivity index (χ0n) is 26.0. The number of rotatable bonds is 5. The molecule has 0 spiro atoms. The summed E-state index contributed by atoms with van der Waals surface area (Å²) in [7, 11) is 0. The first-order valence-electron chi connectivity index (χ1n) is 15.6. The van der Waals surface area contributed by atoms with Gasteiger partial charge >= 0.3 is 6.18 Å². The third kappa shape index (κ3) is 7.51. The SMILES string of the molecule is CC(C)[C@@H]1CC[C@@H](C)CC(=O)N[C@H](Cc2c[nH]c3ccccc23)C(=O)N2C[C@H](NC(=O)c3ccc(C(F)(F)F)nc3)C[C@H]2C(=O)N1. The van der Waals surface area contributed by atoms with Gasteiger partial charge in [0.25, 0.3) is 5.91 Å². The first kappa shape index (κ1) is 33.0. The second-order valence-electron chi connectivity index (χ2n) is 12.8. The smallest absolute Gasteiger partial charge is 0.361 e. The number of pyridine rings is 1. The molecule has 3 aromatic rings. The summed E-state index contributed by atoms with van der Waals surface area (Å²) < 4.78 is 38.9. The fourth-order valence-corrected chi connectivity index (χ4v) is 6.30. The van der Waals surface area contributed by atoms with E-state index in [-0.39, 0.29) is 61.1 Å². The predicted octanol–water partition coefficient (Wildman–Crippen LogP) is 3.97. The summed E-state index contributed by atoms with van der Waals surface area (Å²) in [6.07, 6.45) is -0.157. The monoisotopic (exact) mass is 640 g/mol. The molecule has 10 nitrogen and oxygen atoms in total. The number of fused-ring (bicyclic) bond motifs is 2. The highest BCUT2D eigenvalue weighted by Gasteiger charge is 2.43. The molecule has 0 aliphatic carbocycles. The number of hydrogen-bond donors (Lipinski definition) is 4. The molecule has 2 fully saturated rings. The minimum atomic E-state index is -4.65. The van der Waals surface area contributed by atoms with E-state index >= 15 is 0 Å². The molecule has 0 bridgehead atoms. The topological polar surface area (TPSA) is 136 Å². The molecule has 2 aromatic heterocycles. The fourth-order valence-electron chi connectivity index (χ4n) is 6.30. The highest BCUT2D eigenvalue weighted by molar-refractivity contribution is 5.96. The van der Waals surface area contributed by atoms with Crippen molar-refractivity contribution in [2.75, 3.05) is 6.54 Å². The van der Waals surface area contributed by atoms with Gasteiger partial charge in [-0.15, -0.1) is 0 Å². The van der Waals surface area contributed by atoms with Gasteiger partial charge in [-0.3, -0.25) is 24.2 Å². The second kappa shape index (κ2) is 13.5. The molecule has 1 aromatic carbocycles. The summed E-state index contributed by atoms with van der Waals surface area (Å²) in [6, 6.07) is 6.59. The number of carbonyl (C=O) groups is 4. The van der Waals surface area contributed by atoms with Crippen LogP contribution in [-0.2, 0) is 27.0 Å². The molecule has 4 N–H and O–H groups in total. The Morgan fingerprint density at radius 1 is 1.09 bits per heavy atom. The van der Waals surface area contributed by atoms with Crippen LogP contribution in [0.2, 0.25) is 0 Å². The van der Waals surface area contributed by atoms with Crippen molar-refractivity contribution >= 4 is 34.5 Å². The Labute approximate surface area is 264 Å². The highest BCUT2D eigenvalue weighted by Crippen LogP contribution is 2.28. The standard InChI is InChI=1S/C33H39F3N6O4/c1-18(2)24-10-8-19(3)12-29(43)40-26(13-21-16-37-25-7-5-4-6-23(21)25)32(46)42-17-22(14-27(42)31(45)41-24)39-30(44)20-9-11-28(38-15-20)33(34,35)36/h4-7,9,11,15-16,18-19,22,24,26-27,37H,8,10,12-14,17H2,1-3H3,(H,39,44)(H,40,43)(H,41,45)/t19-,22-,24+,26-,27+/m1/s1. The number of carbonyl (C=O) groups excluding carboxylic acids is 4. The van der Waals surface area contributed by atoms with Gasteiger partial charge in [0.2, 0.25) is 17.7 Å². The van der Waals surface area contributed by atoms with Crippen molar-refractivity contribution in [1.82, 2.24) is 30.8 Å². The Hall–Kier alpha value is -4.42. The number of nitrogens with zero attached hydrogens (tertiary/aromatic N) is 2. The molecule has 2 aliphatic rings. The summed E-state index contributed by atoms with van der Waals surface area (Å²) in [5.41, 5.74) is 0.503. The molecule has 4 amide bonds. The predicted molar refractivity (Wildman–Crippen MR) is 164 cm³/mol. The molecule has 0 unspecified atom stereocenters. The van der Waals surface area contributed by atoms with Crippen LogP contribution in [0, 0.1) is 11.8 Å². The minimum absolute atomic E-state index is 0.0280. The van der Waals surface area contributed by atoms with E-state index in [0.29, 0.717) is 12.8 Å². The highest BCUT2D eigenvalue weighted by atomic mass is 19.4. The normalized spacial score (nSPS) is 24.9. The number of hydrogen-bond acceptors (Lipinski definition) is 5. The number of H-pyrrole nitrogens is 1. The molecule has 2 aliphatic heterocycles. The molecule has 0 radical (unpaired) electrons. The Morgan fingerprint density at radius 2 is 1.85 bits per heavy atom. The molecular formula is C33H39F3N6O4. The maximum atomic E-state index is 14.3. The molecule has 5 atom stereocenters. The summed E-state index contributed by atoms with van der Waals surface area (Å²) in [6.45, 7) is 5.94. The fraction of sp³-hybridized carbons (Fsp3) is 0.485. The van der Waals surface area contributed by atoms with Crippen molar-refractivity contribution in [3.05, 3.63) is 65.6 Å². The third-order valence-electron chi connectivity index (χ3n) is 8.91. The summed E-state index contributed by atoms with van der Waals surface area (Å²) in [4.78, 5) is 62.4. The third-order valence-corrected chi connectivity index (χ3v) is 8.91. The lowest BCUT2D eigenvalue weighted by atomic mass is 9.92. The lowest BCUT2D eigenvalue weighted by molar-refractivity contribution is -0.141. The van der Waals surface area contributed by atoms with E-state index in [1.165, 1.54) is 4.90 Å². The average molecular weight is 641 g/mol. The average Bonchev–Trinajstić information content (AvgIpc) is 3.62. The van der Waals surface area contributed by atoms with Crippen LogP contribution in [-0.4, -0.2) is 69.2 Å². The Bertz CT molecular complexity index is 1590. The minimum Gasteiger partial charge on any atom is -0.361 e. The maximum Gasteiger partial charge on any atom is 0.433 e. The van der Waals surface area contributed by atoms with Gasteiger partial charge in [0.15, 0.2) is 0 Å². The van der Waals surface area contributed by atoms with Gasteiger partial charge in [0.05, 0.1) is 5.56 Å². The van der Waals surface area contributed by atoms with Crippen LogP contribution in [0.15, 0.2) is 48.8 Å². The number of para-hydroxylation sites is 1. The Balaban J connectivity index is 1.43. The quantitative estimate of drug-likeness (QED) is 0.335. The van der Waals surface area contributed by atoms with E-state index in [0.717, 1.165) is 34.8 Å². The molecule has 4 heterocycles. The Kier molecular flexibility index (Phi) is 9.68. The van der Waals surface area contributed by atoms with Crippen LogP contribution >= 0.6 is 0 Å². The van der Waals surface area contributed by atoms with Crippen molar-refractivity contribution in [2.45, 2.75) is 83.2 Å². The van der Waals surface area contributed by atoms with Crippen molar-refractivity contribution in [3.8, 4) is 0 Å². The number of aromatic nitrogens is 2. The number of aromatic amines is 1. The van der Waals surface area contributed by atoms with Crippen molar-refractivity contribution < 1.29 is 32.3 Å². The first-order valence-corrected chi connectivity index (χ1v) is 15.6. The lowest BCUT2D eigenvalue weighted by Crippen LogP contribution is -2.55. The van der Waals surface area contributed by atoms with Gasteiger partial charge in [-0.1, -0.05) is 39.0 Å². The molecule has 13 heteroatoms. The summed E-state index contributed by atoms with van der Waals surface area (Å²) in [5, 5.41) is 9.73. The first-order chi connectivity index (χ1) is 21.8. The van der Waals surface area contributed by atoms with Crippen LogP contribution < -0.4 is 16.0 Å². The van der Waals surface area contributed by atoms with Gasteiger partial charge < -0.3 is 25.8 Å². The van der Waals surface area contributed by atoms with Crippen LogP contribution in [0.3, 0.4) is 0 Å². The molecule has 46 heavy (non-hydrogen) atoms. The number of nitrogens with one attached hydrogen (secondary N) is 4. The van der Waals surface area contributed by atoms with E-state index in [9.17, 15) is 32.3 Å². The van der Waals surface area contributed by atoms with Crippen LogP contribution in [0.25, 0.3) is 10.9 Å². The van der Waals surface area contributed by atoms with Gasteiger partial charge in [-0.2, -0.15) is 13.2 Å². The zero-order valence-corrected chi connectivity index (χ0v) is 26.0. The maximum absolute atomic E-state index is 14.3. The largest absolute Gasteiger partial charge is 0.433 e. The van der Waals surface area contributed by atoms with Crippen LogP contribution in [0.5, 0.6) is 0 Å². The summed E-state index contributed by atoms with van der Waals surface area (Å²) >= 11 is 0. The summed E-state index contributed by atoms with van der Waals surface area (Å²) in [5.74, 6) is -1.63. The molecular weight excluding hydrogens is 601 g/mol. The van der Waals surface area contributed by atoms with E-state index < -0.39 is 41.8 Å². The van der Waals surface area contributed by atoms with E-state index in [2.05, 4.69) is 25.9 Å². The van der Waals surface area contributed by atoms with Crippen LogP contribution in [0.4, 0.5) is 13.2 Å². The molecule has 5 rings (SSSR count). The number of alkyl halides is 3. The molecule has 0 saturated carbocycles. The van der Waals surface area contributed by atoms with Crippen LogP contribution in [0.1, 0.15) is 68.1 Å². The number of amides is 4. The lowest BCUT2D eigenvalue weighted by Gasteiger charge is -2.30. The second-order valence-corrected chi connectivity index (χ2v) is 12.8. The molecule has 2 saturated heterocycles. The van der Waals surface area contributed by atoms with Crippen molar-refractivity contribution in [3.63, 3.8) is 0 Å². The van der Waals surface area contributed by atoms with Crippen molar-refractivity contribution in [2.24, 2.45) is 11.8 Å². The molecule has 246 valence electrons. The van der Waals surface area contributed by atoms with Gasteiger partial charge in [0.1, 0.15) is 17.8 Å². The number of benzene rings is 1. The van der Waals surface area contributed by atoms with Gasteiger partial charge in [-0.05, 0) is 54.9 Å². The van der Waals surface area contributed by atoms with E-state index in [1.54, 1.807) is 6.20 Å². The zero-order chi connectivity index (χ0) is 33.2.